The van der Waals surface area contributed by atoms with Gasteiger partial charge in [-0.3, -0.25) is 0 Å². The predicted molar refractivity (Wildman–Crippen MR) is 57.4 cm³/mol. The van der Waals surface area contributed by atoms with Crippen molar-refractivity contribution >= 4 is 11.0 Å². The molecule has 0 atom stereocenters. The maximum absolute atomic E-state index is 8.91. The smallest absolute Gasteiger partial charge is 0.116 e. The maximum atomic E-state index is 8.91. The minimum atomic E-state index is 0.128. The van der Waals surface area contributed by atoms with Crippen molar-refractivity contribution in [2.75, 3.05) is 13.2 Å². The summed E-state index contributed by atoms with van der Waals surface area (Å²) in [5.74, 6) is 0. The van der Waals surface area contributed by atoms with E-state index in [9.17, 15) is 0 Å². The minimum Gasteiger partial charge on any atom is -0.396 e. The largest absolute Gasteiger partial charge is 0.396 e. The van der Waals surface area contributed by atoms with Gasteiger partial charge in [0, 0.05) is 13.2 Å². The van der Waals surface area contributed by atoms with Crippen molar-refractivity contribution < 1.29 is 5.11 Å². The van der Waals surface area contributed by atoms with Gasteiger partial charge in [-0.1, -0.05) is 17.3 Å². The number of hydrogen-bond donors (Lipinski definition) is 2. The number of nitrogens with two attached hydrogens (primary N) is 1. The molecule has 0 aliphatic carbocycles. The monoisotopic (exact) mass is 206 g/mol. The first-order chi connectivity index (χ1) is 7.36. The first kappa shape index (κ1) is 10.1. The number of nitrogens with zero attached hydrogens (tertiary/aromatic N) is 3. The van der Waals surface area contributed by atoms with Crippen molar-refractivity contribution in [1.82, 2.24) is 15.0 Å². The van der Waals surface area contributed by atoms with Gasteiger partial charge in [0.15, 0.2) is 0 Å². The van der Waals surface area contributed by atoms with Crippen LogP contribution in [0.15, 0.2) is 18.2 Å². The van der Waals surface area contributed by atoms with Crippen molar-refractivity contribution in [2.24, 2.45) is 5.73 Å². The molecule has 0 radical (unpaired) electrons. The highest BCUT2D eigenvalue weighted by atomic mass is 16.2. The summed E-state index contributed by atoms with van der Waals surface area (Å²) in [6, 6.07) is 5.87. The molecule has 0 bridgehead atoms. The van der Waals surface area contributed by atoms with Gasteiger partial charge in [0.05, 0.1) is 12.1 Å². The van der Waals surface area contributed by atoms with E-state index in [2.05, 4.69) is 10.3 Å². The van der Waals surface area contributed by atoms with Crippen molar-refractivity contribution in [3.05, 3.63) is 23.8 Å². The van der Waals surface area contributed by atoms with E-state index in [1.165, 1.54) is 0 Å². The van der Waals surface area contributed by atoms with Gasteiger partial charge >= 0.3 is 0 Å². The SMILES string of the molecule is NCCn1nnc2c(CCO)cccc21. The van der Waals surface area contributed by atoms with Crippen molar-refractivity contribution in [1.29, 1.82) is 0 Å². The molecule has 80 valence electrons. The van der Waals surface area contributed by atoms with Gasteiger partial charge in [-0.05, 0) is 18.1 Å². The summed E-state index contributed by atoms with van der Waals surface area (Å²) in [6.45, 7) is 1.34. The summed E-state index contributed by atoms with van der Waals surface area (Å²) in [7, 11) is 0. The van der Waals surface area contributed by atoms with Crippen LogP contribution in [0.25, 0.3) is 11.0 Å². The van der Waals surface area contributed by atoms with Gasteiger partial charge < -0.3 is 10.8 Å². The highest BCUT2D eigenvalue weighted by molar-refractivity contribution is 5.78. The molecule has 0 saturated heterocycles. The number of benzene rings is 1. The topological polar surface area (TPSA) is 77.0 Å². The Hall–Kier alpha value is -1.46. The third-order valence-electron chi connectivity index (χ3n) is 2.35. The van der Waals surface area contributed by atoms with Crippen LogP contribution < -0.4 is 5.73 Å². The van der Waals surface area contributed by atoms with Gasteiger partial charge in [0.1, 0.15) is 5.52 Å². The van der Waals surface area contributed by atoms with Gasteiger partial charge in [0.2, 0.25) is 0 Å². The summed E-state index contributed by atoms with van der Waals surface area (Å²) >= 11 is 0. The van der Waals surface area contributed by atoms with Gasteiger partial charge in [-0.15, -0.1) is 5.10 Å². The zero-order valence-corrected chi connectivity index (χ0v) is 8.43. The van der Waals surface area contributed by atoms with Gasteiger partial charge in [-0.2, -0.15) is 0 Å². The minimum absolute atomic E-state index is 0.128. The van der Waals surface area contributed by atoms with E-state index in [0.29, 0.717) is 19.5 Å². The second-order valence-corrected chi connectivity index (χ2v) is 3.36. The molecule has 1 heterocycles. The summed E-state index contributed by atoms with van der Waals surface area (Å²) < 4.78 is 1.79. The fourth-order valence-corrected chi connectivity index (χ4v) is 1.66. The number of fused-ring (bicyclic) bond motifs is 1. The van der Waals surface area contributed by atoms with E-state index in [1.807, 2.05) is 18.2 Å². The molecule has 15 heavy (non-hydrogen) atoms. The van der Waals surface area contributed by atoms with Crippen LogP contribution in [0.5, 0.6) is 0 Å². The molecule has 3 N–H and O–H groups in total. The van der Waals surface area contributed by atoms with Crippen LogP contribution in [0.4, 0.5) is 0 Å². The van der Waals surface area contributed by atoms with Crippen LogP contribution >= 0.6 is 0 Å². The molecule has 0 amide bonds. The Kier molecular flexibility index (Phi) is 2.94. The Morgan fingerprint density at radius 2 is 2.27 bits per heavy atom. The van der Waals surface area contributed by atoms with E-state index in [0.717, 1.165) is 16.6 Å². The third kappa shape index (κ3) is 1.84. The van der Waals surface area contributed by atoms with Gasteiger partial charge in [0.25, 0.3) is 0 Å². The molecule has 0 unspecified atom stereocenters. The van der Waals surface area contributed by atoms with E-state index in [4.69, 9.17) is 10.8 Å². The first-order valence-corrected chi connectivity index (χ1v) is 4.99. The lowest BCUT2D eigenvalue weighted by Crippen LogP contribution is -2.10. The first-order valence-electron chi connectivity index (χ1n) is 4.99. The Labute approximate surface area is 87.5 Å². The summed E-state index contributed by atoms with van der Waals surface area (Å²) in [5, 5.41) is 17.0. The lowest BCUT2D eigenvalue weighted by atomic mass is 10.1. The maximum Gasteiger partial charge on any atom is 0.116 e. The normalized spacial score (nSPS) is 11.1. The average molecular weight is 206 g/mol. The number of rotatable bonds is 4. The van der Waals surface area contributed by atoms with E-state index < -0.39 is 0 Å². The molecule has 1 aromatic heterocycles. The molecule has 2 rings (SSSR count). The van der Waals surface area contributed by atoms with Crippen molar-refractivity contribution in [3.8, 4) is 0 Å². The highest BCUT2D eigenvalue weighted by Crippen LogP contribution is 2.16. The molecule has 5 nitrogen and oxygen atoms in total. The molecule has 0 spiro atoms. The lowest BCUT2D eigenvalue weighted by molar-refractivity contribution is 0.300. The van der Waals surface area contributed by atoms with Crippen LogP contribution in [-0.4, -0.2) is 33.3 Å². The van der Waals surface area contributed by atoms with Gasteiger partial charge in [-0.25, -0.2) is 4.68 Å². The Bertz CT molecular complexity index is 452. The number of aliphatic hydroxyl groups is 1. The van der Waals surface area contributed by atoms with E-state index in [-0.39, 0.29) is 6.61 Å². The van der Waals surface area contributed by atoms with Crippen LogP contribution in [-0.2, 0) is 13.0 Å². The number of aromatic nitrogens is 3. The second-order valence-electron chi connectivity index (χ2n) is 3.36. The predicted octanol–water partition coefficient (Wildman–Crippen LogP) is -0.0752. The summed E-state index contributed by atoms with van der Waals surface area (Å²) in [4.78, 5) is 0. The quantitative estimate of drug-likeness (QED) is 0.733. The standard InChI is InChI=1S/C10H14N4O/c11-5-6-14-9-3-1-2-8(4-7-15)10(9)12-13-14/h1-3,15H,4-7,11H2. The lowest BCUT2D eigenvalue weighted by Gasteiger charge is -2.01. The Morgan fingerprint density at radius 1 is 1.40 bits per heavy atom. The summed E-state index contributed by atoms with van der Waals surface area (Å²) in [6.07, 6.45) is 0.610. The Morgan fingerprint density at radius 3 is 3.00 bits per heavy atom. The molecule has 0 fully saturated rings. The third-order valence-corrected chi connectivity index (χ3v) is 2.35. The molecule has 0 aliphatic rings. The molecular formula is C10H14N4O. The second kappa shape index (κ2) is 4.37. The molecular weight excluding hydrogens is 192 g/mol. The molecule has 1 aromatic carbocycles. The van der Waals surface area contributed by atoms with Crippen LogP contribution in [0, 0.1) is 0 Å². The Balaban J connectivity index is 2.48. The van der Waals surface area contributed by atoms with E-state index >= 15 is 0 Å². The average Bonchev–Trinajstić information content (AvgIpc) is 2.64. The van der Waals surface area contributed by atoms with Crippen LogP contribution in [0.1, 0.15) is 5.56 Å². The molecule has 5 heteroatoms. The van der Waals surface area contributed by atoms with E-state index in [1.54, 1.807) is 4.68 Å². The number of hydrogen-bond acceptors (Lipinski definition) is 4. The van der Waals surface area contributed by atoms with Crippen molar-refractivity contribution in [3.63, 3.8) is 0 Å². The highest BCUT2D eigenvalue weighted by Gasteiger charge is 2.07. The molecule has 0 saturated carbocycles. The van der Waals surface area contributed by atoms with Crippen molar-refractivity contribution in [2.45, 2.75) is 13.0 Å². The van der Waals surface area contributed by atoms with Crippen LogP contribution in [0.2, 0.25) is 0 Å². The zero-order valence-electron chi connectivity index (χ0n) is 8.43. The summed E-state index contributed by atoms with van der Waals surface area (Å²) in [5.41, 5.74) is 8.34. The van der Waals surface area contributed by atoms with Crippen LogP contribution in [0.3, 0.4) is 0 Å². The fourth-order valence-electron chi connectivity index (χ4n) is 1.66. The number of aliphatic hydroxyl groups excluding tert-OH is 1. The fraction of sp³-hybridized carbons (Fsp3) is 0.400. The zero-order chi connectivity index (χ0) is 10.7. The molecule has 0 aliphatic heterocycles. The molecule has 2 aromatic rings.